The third-order valence-corrected chi connectivity index (χ3v) is 2.87. The van der Waals surface area contributed by atoms with E-state index >= 15 is 0 Å². The quantitative estimate of drug-likeness (QED) is 0.842. The molecule has 3 N–H and O–H groups in total. The van der Waals surface area contributed by atoms with Crippen LogP contribution < -0.4 is 16.0 Å². The molecule has 0 saturated heterocycles. The van der Waals surface area contributed by atoms with Crippen LogP contribution in [0.3, 0.4) is 0 Å². The van der Waals surface area contributed by atoms with Gasteiger partial charge in [-0.2, -0.15) is 9.97 Å². The molecule has 0 amide bonds. The highest BCUT2D eigenvalue weighted by molar-refractivity contribution is 5.52. The standard InChI is InChI=1S/C14H21N5O/c1-4-7-16-12-8-13(18-14(15)17-12)19(3)9-11-6-5-10(2)20-11/h5-6,8H,4,7,9H2,1-3H3,(H3,15,16,17,18). The highest BCUT2D eigenvalue weighted by Gasteiger charge is 2.09. The number of rotatable bonds is 6. The molecule has 0 aliphatic heterocycles. The summed E-state index contributed by atoms with van der Waals surface area (Å²) in [5.41, 5.74) is 5.75. The van der Waals surface area contributed by atoms with Gasteiger partial charge in [-0.25, -0.2) is 0 Å². The summed E-state index contributed by atoms with van der Waals surface area (Å²) in [4.78, 5) is 10.4. The number of hydrogen-bond acceptors (Lipinski definition) is 6. The SMILES string of the molecule is CCCNc1cc(N(C)Cc2ccc(C)o2)nc(N)n1. The van der Waals surface area contributed by atoms with Crippen molar-refractivity contribution in [3.05, 3.63) is 29.7 Å². The molecule has 0 spiro atoms. The van der Waals surface area contributed by atoms with Crippen LogP contribution in [0.2, 0.25) is 0 Å². The maximum absolute atomic E-state index is 5.75. The fourth-order valence-electron chi connectivity index (χ4n) is 1.88. The van der Waals surface area contributed by atoms with Crippen LogP contribution in [0, 0.1) is 6.92 Å². The average Bonchev–Trinajstić information content (AvgIpc) is 2.81. The molecular weight excluding hydrogens is 254 g/mol. The monoisotopic (exact) mass is 275 g/mol. The van der Waals surface area contributed by atoms with E-state index in [-0.39, 0.29) is 5.95 Å². The molecule has 2 rings (SSSR count). The maximum Gasteiger partial charge on any atom is 0.223 e. The Morgan fingerprint density at radius 2 is 2.15 bits per heavy atom. The van der Waals surface area contributed by atoms with Crippen LogP contribution in [0.15, 0.2) is 22.6 Å². The Morgan fingerprint density at radius 1 is 1.35 bits per heavy atom. The zero-order valence-electron chi connectivity index (χ0n) is 12.2. The lowest BCUT2D eigenvalue weighted by molar-refractivity contribution is 0.481. The zero-order chi connectivity index (χ0) is 14.5. The van der Waals surface area contributed by atoms with Crippen molar-refractivity contribution in [1.82, 2.24) is 9.97 Å². The lowest BCUT2D eigenvalue weighted by Gasteiger charge is -2.18. The fourth-order valence-corrected chi connectivity index (χ4v) is 1.88. The molecule has 2 aromatic heterocycles. The molecule has 0 fully saturated rings. The molecule has 0 radical (unpaired) electrons. The molecule has 0 bridgehead atoms. The average molecular weight is 275 g/mol. The minimum atomic E-state index is 0.267. The van der Waals surface area contributed by atoms with E-state index < -0.39 is 0 Å². The Hall–Kier alpha value is -2.24. The lowest BCUT2D eigenvalue weighted by atomic mass is 10.4. The Balaban J connectivity index is 2.12. The van der Waals surface area contributed by atoms with Crippen molar-refractivity contribution < 1.29 is 4.42 Å². The number of hydrogen-bond donors (Lipinski definition) is 2. The molecule has 2 aromatic rings. The smallest absolute Gasteiger partial charge is 0.223 e. The normalized spacial score (nSPS) is 10.6. The summed E-state index contributed by atoms with van der Waals surface area (Å²) >= 11 is 0. The van der Waals surface area contributed by atoms with E-state index in [1.54, 1.807) is 0 Å². The highest BCUT2D eigenvalue weighted by Crippen LogP contribution is 2.18. The second kappa shape index (κ2) is 6.27. The minimum Gasteiger partial charge on any atom is -0.464 e. The van der Waals surface area contributed by atoms with Gasteiger partial charge in [-0.1, -0.05) is 6.92 Å². The highest BCUT2D eigenvalue weighted by atomic mass is 16.3. The van der Waals surface area contributed by atoms with Gasteiger partial charge in [0.15, 0.2) is 0 Å². The van der Waals surface area contributed by atoms with Crippen LogP contribution in [-0.4, -0.2) is 23.6 Å². The van der Waals surface area contributed by atoms with Gasteiger partial charge in [0.2, 0.25) is 5.95 Å². The molecule has 20 heavy (non-hydrogen) atoms. The van der Waals surface area contributed by atoms with Gasteiger partial charge in [0, 0.05) is 19.7 Å². The second-order valence-corrected chi connectivity index (χ2v) is 4.76. The number of aromatic nitrogens is 2. The van der Waals surface area contributed by atoms with Crippen LogP contribution in [0.4, 0.5) is 17.6 Å². The van der Waals surface area contributed by atoms with E-state index in [4.69, 9.17) is 10.2 Å². The molecule has 6 nitrogen and oxygen atoms in total. The van der Waals surface area contributed by atoms with Gasteiger partial charge in [-0.3, -0.25) is 0 Å². The van der Waals surface area contributed by atoms with Crippen molar-refractivity contribution in [1.29, 1.82) is 0 Å². The van der Waals surface area contributed by atoms with Crippen molar-refractivity contribution in [2.24, 2.45) is 0 Å². The number of nitrogen functional groups attached to an aromatic ring is 1. The van der Waals surface area contributed by atoms with Crippen molar-refractivity contribution in [2.75, 3.05) is 29.5 Å². The predicted molar refractivity (Wildman–Crippen MR) is 80.8 cm³/mol. The van der Waals surface area contributed by atoms with Crippen LogP contribution in [-0.2, 0) is 6.54 Å². The fraction of sp³-hybridized carbons (Fsp3) is 0.429. The molecule has 0 aliphatic rings. The van der Waals surface area contributed by atoms with E-state index in [1.165, 1.54) is 0 Å². The summed E-state index contributed by atoms with van der Waals surface area (Å²) in [5, 5.41) is 3.22. The molecule has 0 aromatic carbocycles. The van der Waals surface area contributed by atoms with Gasteiger partial charge in [-0.15, -0.1) is 0 Å². The number of nitrogens with zero attached hydrogens (tertiary/aromatic N) is 3. The first-order valence-corrected chi connectivity index (χ1v) is 6.73. The van der Waals surface area contributed by atoms with Gasteiger partial charge >= 0.3 is 0 Å². The Bertz CT molecular complexity index is 566. The zero-order valence-corrected chi connectivity index (χ0v) is 12.2. The molecular formula is C14H21N5O. The van der Waals surface area contributed by atoms with E-state index in [2.05, 4.69) is 22.2 Å². The van der Waals surface area contributed by atoms with Crippen molar-refractivity contribution in [3.63, 3.8) is 0 Å². The first-order chi connectivity index (χ1) is 9.58. The number of anilines is 3. The van der Waals surface area contributed by atoms with Gasteiger partial charge in [-0.05, 0) is 25.5 Å². The minimum absolute atomic E-state index is 0.267. The number of nitrogens with two attached hydrogens (primary N) is 1. The van der Waals surface area contributed by atoms with E-state index in [1.807, 2.05) is 37.1 Å². The maximum atomic E-state index is 5.75. The molecule has 2 heterocycles. The van der Waals surface area contributed by atoms with Gasteiger partial charge in [0.1, 0.15) is 23.2 Å². The third kappa shape index (κ3) is 3.63. The third-order valence-electron chi connectivity index (χ3n) is 2.87. The summed E-state index contributed by atoms with van der Waals surface area (Å²) in [7, 11) is 1.95. The summed E-state index contributed by atoms with van der Waals surface area (Å²) in [6.45, 7) is 5.53. The second-order valence-electron chi connectivity index (χ2n) is 4.76. The summed E-state index contributed by atoms with van der Waals surface area (Å²) in [5.74, 6) is 3.58. The van der Waals surface area contributed by atoms with Crippen LogP contribution in [0.1, 0.15) is 24.9 Å². The van der Waals surface area contributed by atoms with E-state index in [0.717, 1.165) is 36.1 Å². The molecule has 108 valence electrons. The van der Waals surface area contributed by atoms with Gasteiger partial charge in [0.05, 0.1) is 6.54 Å². The topological polar surface area (TPSA) is 80.2 Å². The van der Waals surface area contributed by atoms with Crippen LogP contribution in [0.25, 0.3) is 0 Å². The number of nitrogens with one attached hydrogen (secondary N) is 1. The Labute approximate surface area is 119 Å². The van der Waals surface area contributed by atoms with Crippen LogP contribution >= 0.6 is 0 Å². The van der Waals surface area contributed by atoms with Gasteiger partial charge in [0.25, 0.3) is 0 Å². The van der Waals surface area contributed by atoms with E-state index in [9.17, 15) is 0 Å². The number of aryl methyl sites for hydroxylation is 1. The molecule has 6 heteroatoms. The van der Waals surface area contributed by atoms with Crippen LogP contribution in [0.5, 0.6) is 0 Å². The number of furan rings is 1. The van der Waals surface area contributed by atoms with Crippen molar-refractivity contribution in [2.45, 2.75) is 26.8 Å². The molecule has 0 unspecified atom stereocenters. The summed E-state index contributed by atoms with van der Waals surface area (Å²) in [6.07, 6.45) is 1.03. The Morgan fingerprint density at radius 3 is 2.80 bits per heavy atom. The Kier molecular flexibility index (Phi) is 4.45. The lowest BCUT2D eigenvalue weighted by Crippen LogP contribution is -2.19. The summed E-state index contributed by atoms with van der Waals surface area (Å²) < 4.78 is 5.57. The first kappa shape index (κ1) is 14.2. The van der Waals surface area contributed by atoms with Crippen molar-refractivity contribution >= 4 is 17.6 Å². The predicted octanol–water partition coefficient (Wildman–Crippen LogP) is 2.42. The largest absolute Gasteiger partial charge is 0.464 e. The molecule has 0 aliphatic carbocycles. The molecule has 0 atom stereocenters. The first-order valence-electron chi connectivity index (χ1n) is 6.73. The van der Waals surface area contributed by atoms with Crippen molar-refractivity contribution in [3.8, 4) is 0 Å². The van der Waals surface area contributed by atoms with Gasteiger partial charge < -0.3 is 20.4 Å². The van der Waals surface area contributed by atoms with E-state index in [0.29, 0.717) is 6.54 Å². The molecule has 0 saturated carbocycles. The summed E-state index contributed by atoms with van der Waals surface area (Å²) in [6, 6.07) is 5.81.